The van der Waals surface area contributed by atoms with Crippen molar-refractivity contribution in [2.24, 2.45) is 5.92 Å². The number of benzene rings is 1. The van der Waals surface area contributed by atoms with Gasteiger partial charge in [-0.3, -0.25) is 0 Å². The van der Waals surface area contributed by atoms with E-state index in [1.54, 1.807) is 12.1 Å². The molecule has 0 saturated heterocycles. The molecule has 0 aliphatic heterocycles. The van der Waals surface area contributed by atoms with Crippen molar-refractivity contribution in [1.82, 2.24) is 5.32 Å². The van der Waals surface area contributed by atoms with E-state index < -0.39 is 0 Å². The van der Waals surface area contributed by atoms with Crippen LogP contribution >= 0.6 is 15.9 Å². The Hall–Kier alpha value is -0.410. The van der Waals surface area contributed by atoms with Gasteiger partial charge in [0.2, 0.25) is 0 Å². The lowest BCUT2D eigenvalue weighted by Crippen LogP contribution is -2.28. The summed E-state index contributed by atoms with van der Waals surface area (Å²) < 4.78 is 14.0. The maximum atomic E-state index is 13.1. The normalized spacial score (nSPS) is 17.8. The lowest BCUT2D eigenvalue weighted by molar-refractivity contribution is 0.418. The van der Waals surface area contributed by atoms with Gasteiger partial charge in [0.25, 0.3) is 0 Å². The van der Waals surface area contributed by atoms with Crippen molar-refractivity contribution in [2.75, 3.05) is 7.05 Å². The highest BCUT2D eigenvalue weighted by atomic mass is 79.9. The third-order valence-corrected chi connectivity index (χ3v) is 5.03. The highest BCUT2D eigenvalue weighted by molar-refractivity contribution is 9.10. The zero-order valence-electron chi connectivity index (χ0n) is 11.6. The Morgan fingerprint density at radius 2 is 2.11 bits per heavy atom. The molecule has 1 atom stereocenters. The van der Waals surface area contributed by atoms with Crippen LogP contribution in [0.5, 0.6) is 0 Å². The third-order valence-electron chi connectivity index (χ3n) is 4.29. The molecule has 3 heteroatoms. The lowest BCUT2D eigenvalue weighted by Gasteiger charge is -2.19. The Kier molecular flexibility index (Phi) is 5.83. The Labute approximate surface area is 124 Å². The van der Waals surface area contributed by atoms with Gasteiger partial charge in [0.1, 0.15) is 5.82 Å². The van der Waals surface area contributed by atoms with Gasteiger partial charge >= 0.3 is 0 Å². The summed E-state index contributed by atoms with van der Waals surface area (Å²) in [6.45, 7) is 0. The smallest absolute Gasteiger partial charge is 0.124 e. The molecule has 0 amide bonds. The summed E-state index contributed by atoms with van der Waals surface area (Å²) >= 11 is 3.45. The van der Waals surface area contributed by atoms with Crippen LogP contribution in [0.15, 0.2) is 22.7 Å². The molecule has 1 aliphatic carbocycles. The molecule has 1 aromatic carbocycles. The zero-order chi connectivity index (χ0) is 13.7. The van der Waals surface area contributed by atoms with E-state index in [-0.39, 0.29) is 5.82 Å². The Morgan fingerprint density at radius 3 is 2.74 bits per heavy atom. The van der Waals surface area contributed by atoms with Crippen LogP contribution in [0.4, 0.5) is 4.39 Å². The maximum Gasteiger partial charge on any atom is 0.124 e. The van der Waals surface area contributed by atoms with Crippen LogP contribution in [0.3, 0.4) is 0 Å². The summed E-state index contributed by atoms with van der Waals surface area (Å²) in [6.07, 6.45) is 9.16. The molecule has 106 valence electrons. The van der Waals surface area contributed by atoms with Crippen molar-refractivity contribution in [3.63, 3.8) is 0 Å². The quantitative estimate of drug-likeness (QED) is 0.799. The van der Waals surface area contributed by atoms with Crippen molar-refractivity contribution in [1.29, 1.82) is 0 Å². The SMILES string of the molecule is CNC(CCC1CCCC1)Cc1ccc(F)cc1Br. The van der Waals surface area contributed by atoms with E-state index in [4.69, 9.17) is 0 Å². The molecule has 1 unspecified atom stereocenters. The predicted octanol–water partition coefficient (Wildman–Crippen LogP) is 4.69. The molecule has 2 rings (SSSR count). The molecule has 0 aromatic heterocycles. The topological polar surface area (TPSA) is 12.0 Å². The Morgan fingerprint density at radius 1 is 1.37 bits per heavy atom. The van der Waals surface area contributed by atoms with Gasteiger partial charge in [-0.15, -0.1) is 0 Å². The molecule has 1 nitrogen and oxygen atoms in total. The fourth-order valence-electron chi connectivity index (χ4n) is 3.04. The fourth-order valence-corrected chi connectivity index (χ4v) is 3.55. The number of likely N-dealkylation sites (N-methyl/N-ethyl adjacent to an activating group) is 1. The Balaban J connectivity index is 1.86. The molecule has 1 aliphatic rings. The van der Waals surface area contributed by atoms with E-state index in [2.05, 4.69) is 21.2 Å². The predicted molar refractivity (Wildman–Crippen MR) is 81.8 cm³/mol. The molecule has 1 N–H and O–H groups in total. The number of hydrogen-bond donors (Lipinski definition) is 1. The minimum atomic E-state index is -0.178. The summed E-state index contributed by atoms with van der Waals surface area (Å²) in [5.74, 6) is 0.759. The number of nitrogens with one attached hydrogen (secondary N) is 1. The minimum absolute atomic E-state index is 0.178. The highest BCUT2D eigenvalue weighted by Gasteiger charge is 2.17. The van der Waals surface area contributed by atoms with Gasteiger partial charge in [-0.25, -0.2) is 4.39 Å². The van der Waals surface area contributed by atoms with Gasteiger partial charge in [0.15, 0.2) is 0 Å². The lowest BCUT2D eigenvalue weighted by atomic mass is 9.95. The number of halogens is 2. The van der Waals surface area contributed by atoms with Crippen molar-refractivity contribution in [3.8, 4) is 0 Å². The summed E-state index contributed by atoms with van der Waals surface area (Å²) in [5.41, 5.74) is 1.19. The van der Waals surface area contributed by atoms with E-state index in [0.29, 0.717) is 6.04 Å². The maximum absolute atomic E-state index is 13.1. The summed E-state index contributed by atoms with van der Waals surface area (Å²) in [6, 6.07) is 5.48. The zero-order valence-corrected chi connectivity index (χ0v) is 13.2. The van der Waals surface area contributed by atoms with E-state index >= 15 is 0 Å². The summed E-state index contributed by atoms with van der Waals surface area (Å²) in [7, 11) is 2.02. The molecular weight excluding hydrogens is 305 g/mol. The van der Waals surface area contributed by atoms with Crippen LogP contribution in [0.1, 0.15) is 44.1 Å². The number of hydrogen-bond acceptors (Lipinski definition) is 1. The molecule has 0 bridgehead atoms. The Bertz CT molecular complexity index is 402. The highest BCUT2D eigenvalue weighted by Crippen LogP contribution is 2.29. The van der Waals surface area contributed by atoms with Gasteiger partial charge < -0.3 is 5.32 Å². The second kappa shape index (κ2) is 7.39. The average molecular weight is 328 g/mol. The van der Waals surface area contributed by atoms with Crippen LogP contribution in [0.25, 0.3) is 0 Å². The standard InChI is InChI=1S/C16H23BrFN/c1-19-15(9-6-12-4-2-3-5-12)10-13-7-8-14(18)11-16(13)17/h7-8,11-12,15,19H,2-6,9-10H2,1H3. The van der Waals surface area contributed by atoms with Crippen molar-refractivity contribution < 1.29 is 4.39 Å². The molecule has 1 aromatic rings. The van der Waals surface area contributed by atoms with Gasteiger partial charge in [-0.05, 0) is 49.9 Å². The largest absolute Gasteiger partial charge is 0.317 e. The van der Waals surface area contributed by atoms with E-state index in [1.807, 2.05) is 13.1 Å². The third kappa shape index (κ3) is 4.57. The van der Waals surface area contributed by atoms with Crippen LogP contribution in [-0.2, 0) is 6.42 Å². The van der Waals surface area contributed by atoms with Crippen LogP contribution in [0.2, 0.25) is 0 Å². The molecule has 0 radical (unpaired) electrons. The number of rotatable bonds is 6. The van der Waals surface area contributed by atoms with E-state index in [9.17, 15) is 4.39 Å². The average Bonchev–Trinajstić information content (AvgIpc) is 2.90. The van der Waals surface area contributed by atoms with Crippen LogP contribution in [-0.4, -0.2) is 13.1 Å². The van der Waals surface area contributed by atoms with Crippen LogP contribution in [0, 0.1) is 11.7 Å². The van der Waals surface area contributed by atoms with E-state index in [1.165, 1.54) is 44.1 Å². The van der Waals surface area contributed by atoms with E-state index in [0.717, 1.165) is 16.8 Å². The van der Waals surface area contributed by atoms with Crippen molar-refractivity contribution >= 4 is 15.9 Å². The molecule has 0 spiro atoms. The second-order valence-corrected chi connectivity index (χ2v) is 6.51. The molecule has 19 heavy (non-hydrogen) atoms. The first-order valence-electron chi connectivity index (χ1n) is 7.30. The first kappa shape index (κ1) is 15.0. The molecular formula is C16H23BrFN. The first-order chi connectivity index (χ1) is 9.19. The monoisotopic (exact) mass is 327 g/mol. The molecule has 0 heterocycles. The minimum Gasteiger partial charge on any atom is -0.317 e. The molecule has 1 saturated carbocycles. The second-order valence-electron chi connectivity index (χ2n) is 5.65. The van der Waals surface area contributed by atoms with Gasteiger partial charge in [-0.2, -0.15) is 0 Å². The molecule has 1 fully saturated rings. The van der Waals surface area contributed by atoms with Crippen molar-refractivity contribution in [3.05, 3.63) is 34.1 Å². The van der Waals surface area contributed by atoms with Crippen molar-refractivity contribution in [2.45, 2.75) is 51.0 Å². The fraction of sp³-hybridized carbons (Fsp3) is 0.625. The van der Waals surface area contributed by atoms with Crippen LogP contribution < -0.4 is 5.32 Å². The van der Waals surface area contributed by atoms with Gasteiger partial charge in [0.05, 0.1) is 0 Å². The summed E-state index contributed by atoms with van der Waals surface area (Å²) in [4.78, 5) is 0. The first-order valence-corrected chi connectivity index (χ1v) is 8.09. The van der Waals surface area contributed by atoms with Gasteiger partial charge in [-0.1, -0.05) is 47.7 Å². The van der Waals surface area contributed by atoms with Gasteiger partial charge in [0, 0.05) is 10.5 Å². The summed E-state index contributed by atoms with van der Waals surface area (Å²) in [5, 5.41) is 3.40.